The number of hydrogen-bond acceptors (Lipinski definition) is 3. The molecule has 0 saturated carbocycles. The maximum Gasteiger partial charge on any atom is 0.224 e. The van der Waals surface area contributed by atoms with Crippen LogP contribution < -0.4 is 10.1 Å². The average Bonchev–Trinajstić information content (AvgIpc) is 2.84. The van der Waals surface area contributed by atoms with Crippen molar-refractivity contribution in [1.29, 1.82) is 0 Å². The van der Waals surface area contributed by atoms with Gasteiger partial charge in [0.05, 0.1) is 13.0 Å². The van der Waals surface area contributed by atoms with Crippen molar-refractivity contribution in [2.75, 3.05) is 26.7 Å². The summed E-state index contributed by atoms with van der Waals surface area (Å²) in [5.41, 5.74) is 4.49. The van der Waals surface area contributed by atoms with E-state index >= 15 is 0 Å². The van der Waals surface area contributed by atoms with Gasteiger partial charge in [-0.15, -0.1) is 0 Å². The predicted octanol–water partition coefficient (Wildman–Crippen LogP) is 5.11. The third kappa shape index (κ3) is 6.23. The van der Waals surface area contributed by atoms with Gasteiger partial charge in [0.25, 0.3) is 0 Å². The number of methoxy groups -OCH3 is 1. The molecule has 4 rings (SSSR count). The van der Waals surface area contributed by atoms with E-state index < -0.39 is 0 Å². The van der Waals surface area contributed by atoms with Crippen LogP contribution in [0.2, 0.25) is 0 Å². The molecule has 178 valence electrons. The van der Waals surface area contributed by atoms with E-state index in [1.165, 1.54) is 17.2 Å². The second-order valence-electron chi connectivity index (χ2n) is 9.22. The van der Waals surface area contributed by atoms with Gasteiger partial charge in [-0.3, -0.25) is 9.69 Å². The van der Waals surface area contributed by atoms with Crippen molar-refractivity contribution in [2.24, 2.45) is 5.92 Å². The fourth-order valence-electron chi connectivity index (χ4n) is 4.94. The quantitative estimate of drug-likeness (QED) is 0.508. The van der Waals surface area contributed by atoms with Gasteiger partial charge in [0.1, 0.15) is 11.6 Å². The number of halogens is 1. The Balaban J connectivity index is 1.45. The van der Waals surface area contributed by atoms with Gasteiger partial charge in [-0.05, 0) is 60.6 Å². The van der Waals surface area contributed by atoms with Crippen LogP contribution in [0.5, 0.6) is 5.75 Å². The van der Waals surface area contributed by atoms with Gasteiger partial charge in [0.15, 0.2) is 0 Å². The Morgan fingerprint density at radius 2 is 1.88 bits per heavy atom. The Morgan fingerprint density at radius 1 is 1.06 bits per heavy atom. The molecule has 1 aliphatic rings. The van der Waals surface area contributed by atoms with E-state index in [1.807, 2.05) is 30.3 Å². The summed E-state index contributed by atoms with van der Waals surface area (Å²) in [5.74, 6) is 0.833. The summed E-state index contributed by atoms with van der Waals surface area (Å²) in [6.45, 7) is 4.81. The highest BCUT2D eigenvalue weighted by atomic mass is 19.1. The molecular formula is C29H33FN2O2. The van der Waals surface area contributed by atoms with Gasteiger partial charge >= 0.3 is 0 Å². The Bertz CT molecular complexity index is 1120. The molecule has 2 atom stereocenters. The molecule has 34 heavy (non-hydrogen) atoms. The molecule has 0 spiro atoms. The number of carbonyl (C=O) groups is 1. The summed E-state index contributed by atoms with van der Waals surface area (Å²) in [6, 6.07) is 23.2. The van der Waals surface area contributed by atoms with Crippen molar-refractivity contribution in [1.82, 2.24) is 10.2 Å². The van der Waals surface area contributed by atoms with Crippen LogP contribution in [0.3, 0.4) is 0 Å². The lowest BCUT2D eigenvalue weighted by Crippen LogP contribution is -2.45. The minimum Gasteiger partial charge on any atom is -0.496 e. The zero-order valence-electron chi connectivity index (χ0n) is 20.0. The van der Waals surface area contributed by atoms with Crippen LogP contribution in [-0.4, -0.2) is 37.6 Å². The van der Waals surface area contributed by atoms with E-state index in [2.05, 4.69) is 41.4 Å². The van der Waals surface area contributed by atoms with Gasteiger partial charge in [-0.1, -0.05) is 60.2 Å². The van der Waals surface area contributed by atoms with Gasteiger partial charge in [-0.2, -0.15) is 0 Å². The topological polar surface area (TPSA) is 41.6 Å². The highest BCUT2D eigenvalue weighted by Crippen LogP contribution is 2.32. The molecule has 5 heteroatoms. The second-order valence-corrected chi connectivity index (χ2v) is 9.22. The number of nitrogens with zero attached hydrogens (tertiary/aromatic N) is 1. The number of carbonyl (C=O) groups excluding carboxylic acids is 1. The van der Waals surface area contributed by atoms with Crippen LogP contribution in [0.25, 0.3) is 0 Å². The van der Waals surface area contributed by atoms with Gasteiger partial charge < -0.3 is 10.1 Å². The zero-order valence-corrected chi connectivity index (χ0v) is 20.0. The molecule has 0 aliphatic carbocycles. The minimum absolute atomic E-state index is 0.0801. The summed E-state index contributed by atoms with van der Waals surface area (Å²) >= 11 is 0. The standard InChI is InChI=1S/C29H33FN2O2/c1-21-7-5-10-24(15-21)25-17-26(20-32(19-25)18-22-8-6-11-27(30)16-22)29(33)31-14-13-23-9-3-4-12-28(23)34-2/h3-12,15-16,25-26H,13-14,17-20H2,1-2H3,(H,31,33). The molecule has 3 aromatic carbocycles. The number of para-hydroxylation sites is 1. The third-order valence-electron chi connectivity index (χ3n) is 6.59. The number of aryl methyl sites for hydroxylation is 1. The number of likely N-dealkylation sites (tertiary alicyclic amines) is 1. The molecule has 0 aromatic heterocycles. The molecule has 1 amide bonds. The largest absolute Gasteiger partial charge is 0.496 e. The third-order valence-corrected chi connectivity index (χ3v) is 6.59. The van der Waals surface area contributed by atoms with Crippen LogP contribution in [0.1, 0.15) is 34.6 Å². The van der Waals surface area contributed by atoms with Crippen molar-refractivity contribution >= 4 is 5.91 Å². The number of ether oxygens (including phenoxy) is 1. The summed E-state index contributed by atoms with van der Waals surface area (Å²) in [5, 5.41) is 3.15. The smallest absolute Gasteiger partial charge is 0.224 e. The molecule has 0 bridgehead atoms. The predicted molar refractivity (Wildman–Crippen MR) is 133 cm³/mol. The van der Waals surface area contributed by atoms with E-state index in [4.69, 9.17) is 4.74 Å². The highest BCUT2D eigenvalue weighted by molar-refractivity contribution is 5.79. The molecule has 3 aromatic rings. The lowest BCUT2D eigenvalue weighted by Gasteiger charge is -2.37. The fourth-order valence-corrected chi connectivity index (χ4v) is 4.94. The highest BCUT2D eigenvalue weighted by Gasteiger charge is 2.32. The van der Waals surface area contributed by atoms with Crippen LogP contribution in [0.15, 0.2) is 72.8 Å². The molecular weight excluding hydrogens is 427 g/mol. The molecule has 1 aliphatic heterocycles. The summed E-state index contributed by atoms with van der Waals surface area (Å²) in [7, 11) is 1.66. The molecule has 1 N–H and O–H groups in total. The van der Waals surface area contributed by atoms with Crippen molar-refractivity contribution < 1.29 is 13.9 Å². The first kappa shape index (κ1) is 24.0. The molecule has 1 saturated heterocycles. The first-order valence-electron chi connectivity index (χ1n) is 11.9. The minimum atomic E-state index is -0.227. The van der Waals surface area contributed by atoms with E-state index in [-0.39, 0.29) is 23.6 Å². The van der Waals surface area contributed by atoms with Gasteiger partial charge in [0, 0.05) is 26.2 Å². The SMILES string of the molecule is COc1ccccc1CCNC(=O)C1CC(c2cccc(C)c2)CN(Cc2cccc(F)c2)C1. The van der Waals surface area contributed by atoms with Crippen LogP contribution in [-0.2, 0) is 17.8 Å². The van der Waals surface area contributed by atoms with E-state index in [0.717, 1.165) is 36.3 Å². The fraction of sp³-hybridized carbons (Fsp3) is 0.345. The molecule has 1 heterocycles. The molecule has 0 radical (unpaired) electrons. The maximum atomic E-state index is 13.8. The van der Waals surface area contributed by atoms with Crippen molar-refractivity contribution in [2.45, 2.75) is 32.2 Å². The van der Waals surface area contributed by atoms with Crippen molar-refractivity contribution in [3.63, 3.8) is 0 Å². The molecule has 2 unspecified atom stereocenters. The second kappa shape index (κ2) is 11.3. The first-order valence-corrected chi connectivity index (χ1v) is 11.9. The number of nitrogens with one attached hydrogen (secondary N) is 1. The Kier molecular flexibility index (Phi) is 7.96. The zero-order chi connectivity index (χ0) is 23.9. The first-order chi connectivity index (χ1) is 16.5. The number of benzene rings is 3. The van der Waals surface area contributed by atoms with Crippen molar-refractivity contribution in [3.05, 3.63) is 101 Å². The van der Waals surface area contributed by atoms with Gasteiger partial charge in [-0.25, -0.2) is 4.39 Å². The normalized spacial score (nSPS) is 18.4. The van der Waals surface area contributed by atoms with Crippen LogP contribution in [0.4, 0.5) is 4.39 Å². The lowest BCUT2D eigenvalue weighted by molar-refractivity contribution is -0.127. The van der Waals surface area contributed by atoms with E-state index in [1.54, 1.807) is 19.2 Å². The monoisotopic (exact) mass is 460 g/mol. The van der Waals surface area contributed by atoms with Crippen LogP contribution >= 0.6 is 0 Å². The number of piperidine rings is 1. The Hall–Kier alpha value is -3.18. The van der Waals surface area contributed by atoms with E-state index in [0.29, 0.717) is 19.6 Å². The average molecular weight is 461 g/mol. The molecule has 1 fully saturated rings. The summed E-state index contributed by atoms with van der Waals surface area (Å²) in [4.78, 5) is 15.5. The Labute approximate surface area is 201 Å². The van der Waals surface area contributed by atoms with E-state index in [9.17, 15) is 9.18 Å². The maximum absolute atomic E-state index is 13.8. The Morgan fingerprint density at radius 3 is 2.68 bits per heavy atom. The summed E-state index contributed by atoms with van der Waals surface area (Å²) in [6.07, 6.45) is 1.53. The number of amides is 1. The molecule has 4 nitrogen and oxygen atoms in total. The summed E-state index contributed by atoms with van der Waals surface area (Å²) < 4.78 is 19.2. The lowest BCUT2D eigenvalue weighted by atomic mass is 9.83. The number of rotatable bonds is 8. The van der Waals surface area contributed by atoms with Crippen LogP contribution in [0, 0.1) is 18.7 Å². The van der Waals surface area contributed by atoms with Crippen molar-refractivity contribution in [3.8, 4) is 5.75 Å². The number of hydrogen-bond donors (Lipinski definition) is 1. The van der Waals surface area contributed by atoms with Gasteiger partial charge in [0.2, 0.25) is 5.91 Å².